The van der Waals surface area contributed by atoms with Gasteiger partial charge in [-0.25, -0.2) is 4.98 Å². The predicted molar refractivity (Wildman–Crippen MR) is 112 cm³/mol. The summed E-state index contributed by atoms with van der Waals surface area (Å²) < 4.78 is 3.63. The Bertz CT molecular complexity index is 900. The van der Waals surface area contributed by atoms with E-state index < -0.39 is 0 Å². The zero-order chi connectivity index (χ0) is 18.1. The van der Waals surface area contributed by atoms with Gasteiger partial charge in [0.1, 0.15) is 0 Å². The van der Waals surface area contributed by atoms with Crippen LogP contribution < -0.4 is 0 Å². The molecule has 27 heavy (non-hydrogen) atoms. The van der Waals surface area contributed by atoms with Gasteiger partial charge in [0.2, 0.25) is 0 Å². The van der Waals surface area contributed by atoms with Gasteiger partial charge in [-0.05, 0) is 75.4 Å². The van der Waals surface area contributed by atoms with Crippen molar-refractivity contribution in [2.45, 2.75) is 57.4 Å². The van der Waals surface area contributed by atoms with Crippen molar-refractivity contribution in [1.29, 1.82) is 0 Å². The first-order valence-corrected chi connectivity index (χ1v) is 11.3. The summed E-state index contributed by atoms with van der Waals surface area (Å²) >= 11 is 1.87. The van der Waals surface area contributed by atoms with E-state index in [0.717, 1.165) is 23.7 Å². The van der Waals surface area contributed by atoms with Crippen molar-refractivity contribution in [3.63, 3.8) is 0 Å². The highest BCUT2D eigenvalue weighted by Crippen LogP contribution is 2.41. The monoisotopic (exact) mass is 380 g/mol. The van der Waals surface area contributed by atoms with Crippen LogP contribution in [0.3, 0.4) is 0 Å². The number of thiophene rings is 1. The number of imidazole rings is 1. The Balaban J connectivity index is 1.31. The van der Waals surface area contributed by atoms with E-state index in [1.807, 2.05) is 23.9 Å². The Hall–Kier alpha value is -1.72. The fraction of sp³-hybridized carbons (Fsp3) is 0.545. The number of likely N-dealkylation sites (tertiary alicyclic amines) is 1. The highest BCUT2D eigenvalue weighted by atomic mass is 32.1. The van der Waals surface area contributed by atoms with Gasteiger partial charge in [0, 0.05) is 18.9 Å². The molecule has 0 N–H and O–H groups in total. The van der Waals surface area contributed by atoms with E-state index in [1.54, 1.807) is 0 Å². The van der Waals surface area contributed by atoms with Gasteiger partial charge in [-0.2, -0.15) is 0 Å². The van der Waals surface area contributed by atoms with Crippen LogP contribution in [0.25, 0.3) is 20.8 Å². The number of nitrogens with zero attached hydrogens (tertiary/aromatic N) is 4. The second-order valence-electron chi connectivity index (χ2n) is 8.11. The second-order valence-corrected chi connectivity index (χ2v) is 9.16. The molecule has 3 aromatic rings. The summed E-state index contributed by atoms with van der Waals surface area (Å²) in [7, 11) is 0. The molecule has 142 valence electrons. The Kier molecular flexibility index (Phi) is 4.97. The van der Waals surface area contributed by atoms with Crippen molar-refractivity contribution in [1.82, 2.24) is 19.4 Å². The maximum absolute atomic E-state index is 4.69. The highest BCUT2D eigenvalue weighted by molar-refractivity contribution is 7.22. The number of aromatic nitrogens is 3. The fourth-order valence-corrected chi connectivity index (χ4v) is 5.90. The summed E-state index contributed by atoms with van der Waals surface area (Å²) in [6.07, 6.45) is 15.5. The van der Waals surface area contributed by atoms with Gasteiger partial charge in [0.05, 0.1) is 27.1 Å². The molecule has 0 amide bonds. The molecule has 4 heterocycles. The Labute approximate surface area is 165 Å². The van der Waals surface area contributed by atoms with Gasteiger partial charge in [-0.3, -0.25) is 4.98 Å². The number of fused-ring (bicyclic) bond motifs is 1. The Morgan fingerprint density at radius 1 is 1.04 bits per heavy atom. The summed E-state index contributed by atoms with van der Waals surface area (Å²) in [5.41, 5.74) is 3.75. The largest absolute Gasteiger partial charge is 0.337 e. The SMILES string of the molecule is c1cc(C2CCCC2)c2sc(-c3cn(CCCN4CCCC4)cn3)cc2n1. The Morgan fingerprint density at radius 2 is 1.89 bits per heavy atom. The zero-order valence-electron chi connectivity index (χ0n) is 15.9. The standard InChI is InChI=1S/C22H28N4S/c1-2-7-17(6-1)18-8-9-23-19-14-21(27-22(18)19)20-15-26(16-24-20)13-5-12-25-10-3-4-11-25/h8-9,14-17H,1-7,10-13H2. The summed E-state index contributed by atoms with van der Waals surface area (Å²) in [5.74, 6) is 0.727. The van der Waals surface area contributed by atoms with E-state index in [1.165, 1.54) is 79.7 Å². The number of aryl methyl sites for hydroxylation is 1. The molecule has 4 nitrogen and oxygen atoms in total. The lowest BCUT2D eigenvalue weighted by Gasteiger charge is -2.13. The van der Waals surface area contributed by atoms with Crippen LogP contribution in [0.4, 0.5) is 0 Å². The van der Waals surface area contributed by atoms with Crippen molar-refractivity contribution in [2.75, 3.05) is 19.6 Å². The van der Waals surface area contributed by atoms with Gasteiger partial charge in [-0.1, -0.05) is 12.8 Å². The first-order chi connectivity index (χ1) is 13.4. The molecule has 2 fully saturated rings. The van der Waals surface area contributed by atoms with E-state index in [0.29, 0.717) is 0 Å². The first-order valence-electron chi connectivity index (χ1n) is 10.5. The molecule has 0 spiro atoms. The van der Waals surface area contributed by atoms with Crippen LogP contribution in [-0.2, 0) is 6.54 Å². The fourth-order valence-electron chi connectivity index (χ4n) is 4.73. The smallest absolute Gasteiger partial charge is 0.0982 e. The molecule has 3 aromatic heterocycles. The van der Waals surface area contributed by atoms with Gasteiger partial charge in [0.15, 0.2) is 0 Å². The predicted octanol–water partition coefficient (Wildman–Crippen LogP) is 5.30. The third kappa shape index (κ3) is 3.67. The van der Waals surface area contributed by atoms with E-state index in [2.05, 4.69) is 32.8 Å². The van der Waals surface area contributed by atoms with Crippen molar-refractivity contribution in [2.24, 2.45) is 0 Å². The van der Waals surface area contributed by atoms with Crippen LogP contribution in [0.2, 0.25) is 0 Å². The third-order valence-electron chi connectivity index (χ3n) is 6.21. The van der Waals surface area contributed by atoms with E-state index >= 15 is 0 Å². The van der Waals surface area contributed by atoms with Gasteiger partial charge < -0.3 is 9.47 Å². The van der Waals surface area contributed by atoms with Crippen LogP contribution in [0, 0.1) is 0 Å². The average molecular weight is 381 g/mol. The number of rotatable bonds is 6. The van der Waals surface area contributed by atoms with Crippen LogP contribution >= 0.6 is 11.3 Å². The van der Waals surface area contributed by atoms with Gasteiger partial charge in [-0.15, -0.1) is 11.3 Å². The van der Waals surface area contributed by atoms with Crippen LogP contribution in [0.1, 0.15) is 56.4 Å². The summed E-state index contributed by atoms with van der Waals surface area (Å²) in [5, 5.41) is 0. The summed E-state index contributed by atoms with van der Waals surface area (Å²) in [4.78, 5) is 13.2. The number of hydrogen-bond donors (Lipinski definition) is 0. The minimum absolute atomic E-state index is 0.727. The molecule has 0 atom stereocenters. The lowest BCUT2D eigenvalue weighted by molar-refractivity contribution is 0.325. The third-order valence-corrected chi connectivity index (χ3v) is 7.41. The Morgan fingerprint density at radius 3 is 2.74 bits per heavy atom. The molecule has 1 saturated carbocycles. The van der Waals surface area contributed by atoms with Crippen molar-refractivity contribution >= 4 is 21.6 Å². The normalized spacial score (nSPS) is 18.8. The van der Waals surface area contributed by atoms with Crippen molar-refractivity contribution < 1.29 is 0 Å². The molecule has 2 aliphatic rings. The van der Waals surface area contributed by atoms with Crippen LogP contribution in [-0.4, -0.2) is 39.1 Å². The lowest BCUT2D eigenvalue weighted by atomic mass is 9.98. The van der Waals surface area contributed by atoms with E-state index in [4.69, 9.17) is 4.98 Å². The topological polar surface area (TPSA) is 34.0 Å². The van der Waals surface area contributed by atoms with Crippen LogP contribution in [0.15, 0.2) is 30.9 Å². The van der Waals surface area contributed by atoms with Gasteiger partial charge in [0.25, 0.3) is 0 Å². The van der Waals surface area contributed by atoms with Crippen LogP contribution in [0.5, 0.6) is 0 Å². The summed E-state index contributed by atoms with van der Waals surface area (Å²) in [6.45, 7) is 4.84. The van der Waals surface area contributed by atoms with Crippen molar-refractivity contribution in [3.8, 4) is 10.6 Å². The maximum Gasteiger partial charge on any atom is 0.0982 e. The molecule has 5 rings (SSSR count). The molecule has 1 aliphatic carbocycles. The van der Waals surface area contributed by atoms with E-state index in [9.17, 15) is 0 Å². The quantitative estimate of drug-likeness (QED) is 0.582. The molecule has 0 aromatic carbocycles. The summed E-state index contributed by atoms with van der Waals surface area (Å²) in [6, 6.07) is 4.48. The van der Waals surface area contributed by atoms with Gasteiger partial charge >= 0.3 is 0 Å². The molecular formula is C22H28N4S. The number of hydrogen-bond acceptors (Lipinski definition) is 4. The second kappa shape index (κ2) is 7.72. The average Bonchev–Trinajstić information content (AvgIpc) is 3.47. The van der Waals surface area contributed by atoms with E-state index in [-0.39, 0.29) is 0 Å². The molecule has 1 saturated heterocycles. The molecule has 0 unspecified atom stereocenters. The zero-order valence-corrected chi connectivity index (χ0v) is 16.8. The molecule has 0 radical (unpaired) electrons. The molecule has 5 heteroatoms. The minimum atomic E-state index is 0.727. The number of pyridine rings is 1. The minimum Gasteiger partial charge on any atom is -0.337 e. The lowest BCUT2D eigenvalue weighted by Crippen LogP contribution is -2.21. The van der Waals surface area contributed by atoms with Crippen molar-refractivity contribution in [3.05, 3.63) is 36.4 Å². The molecule has 1 aliphatic heterocycles. The highest BCUT2D eigenvalue weighted by Gasteiger charge is 2.21. The maximum atomic E-state index is 4.69. The molecule has 0 bridgehead atoms. The first kappa shape index (κ1) is 17.4. The molecular weight excluding hydrogens is 352 g/mol.